The largest absolute Gasteiger partial charge is 0.289 e. The molecule has 0 atom stereocenters. The molecule has 0 amide bonds. The highest BCUT2D eigenvalue weighted by Crippen LogP contribution is 2.22. The molecule has 0 aromatic heterocycles. The summed E-state index contributed by atoms with van der Waals surface area (Å²) in [7, 11) is -3.63. The van der Waals surface area contributed by atoms with E-state index in [1.54, 1.807) is 0 Å². The van der Waals surface area contributed by atoms with Crippen LogP contribution in [0.15, 0.2) is 46.9 Å². The summed E-state index contributed by atoms with van der Waals surface area (Å²) in [6.45, 7) is 0. The van der Waals surface area contributed by atoms with Crippen LogP contribution in [-0.2, 0) is 15.8 Å². The molecule has 0 heterocycles. The molecule has 0 bridgehead atoms. The lowest BCUT2D eigenvalue weighted by Gasteiger charge is -2.06. The van der Waals surface area contributed by atoms with Crippen molar-refractivity contribution in [2.45, 2.75) is 5.75 Å². The molecule has 0 saturated carbocycles. The van der Waals surface area contributed by atoms with Crippen molar-refractivity contribution in [3.8, 4) is 0 Å². The highest BCUT2D eigenvalue weighted by Gasteiger charge is 2.14. The fourth-order valence-electron chi connectivity index (χ4n) is 1.82. The van der Waals surface area contributed by atoms with E-state index < -0.39 is 15.8 Å². The van der Waals surface area contributed by atoms with E-state index in [1.807, 2.05) is 0 Å². The van der Waals surface area contributed by atoms with Gasteiger partial charge < -0.3 is 0 Å². The molecule has 0 radical (unpaired) electrons. The number of carbonyl (C=O) groups excluding carboxylic acids is 1. The normalized spacial score (nSPS) is 11.4. The number of sulfonamides is 1. The van der Waals surface area contributed by atoms with Crippen LogP contribution < -0.4 is 5.14 Å². The number of hydrogen-bond donors (Lipinski definition) is 1. The fraction of sp³-hybridized carbons (Fsp3) is 0.0714. The van der Waals surface area contributed by atoms with Gasteiger partial charge in [-0.3, -0.25) is 4.79 Å². The Bertz CT molecular complexity index is 788. The average molecular weight is 372 g/mol. The Kier molecular flexibility index (Phi) is 4.55. The van der Waals surface area contributed by atoms with Gasteiger partial charge >= 0.3 is 0 Å². The van der Waals surface area contributed by atoms with Gasteiger partial charge in [-0.15, -0.1) is 0 Å². The highest BCUT2D eigenvalue weighted by atomic mass is 79.9. The molecule has 0 aliphatic carbocycles. The minimum atomic E-state index is -3.63. The van der Waals surface area contributed by atoms with Crippen LogP contribution in [0, 0.1) is 5.82 Å². The molecule has 2 N–H and O–H groups in total. The molecule has 0 saturated heterocycles. The summed E-state index contributed by atoms with van der Waals surface area (Å²) in [6.07, 6.45) is 0. The van der Waals surface area contributed by atoms with Gasteiger partial charge in [0.05, 0.1) is 5.75 Å². The Labute approximate surface area is 130 Å². The van der Waals surface area contributed by atoms with Crippen LogP contribution in [-0.4, -0.2) is 14.2 Å². The van der Waals surface area contributed by atoms with Crippen LogP contribution in [0.4, 0.5) is 4.39 Å². The molecule has 7 heteroatoms. The maximum absolute atomic E-state index is 12.9. The van der Waals surface area contributed by atoms with Crippen molar-refractivity contribution in [1.82, 2.24) is 0 Å². The standard InChI is InChI=1S/C14H11BrFNO3S/c15-13-7-9(8-21(17,19)20)1-6-12(13)14(18)10-2-4-11(16)5-3-10/h1-7H,8H2,(H2,17,19,20). The van der Waals surface area contributed by atoms with Crippen molar-refractivity contribution in [3.05, 3.63) is 69.4 Å². The molecular formula is C14H11BrFNO3S. The summed E-state index contributed by atoms with van der Waals surface area (Å²) in [6, 6.07) is 9.75. The van der Waals surface area contributed by atoms with E-state index in [9.17, 15) is 17.6 Å². The van der Waals surface area contributed by atoms with E-state index in [4.69, 9.17) is 5.14 Å². The molecule has 4 nitrogen and oxygen atoms in total. The summed E-state index contributed by atoms with van der Waals surface area (Å²) in [4.78, 5) is 12.3. The number of carbonyl (C=O) groups is 1. The first-order valence-electron chi connectivity index (χ1n) is 5.85. The Morgan fingerprint density at radius 1 is 1.14 bits per heavy atom. The van der Waals surface area contributed by atoms with Gasteiger partial charge in [0.2, 0.25) is 10.0 Å². The molecule has 0 fully saturated rings. The lowest BCUT2D eigenvalue weighted by atomic mass is 10.0. The molecule has 110 valence electrons. The van der Waals surface area contributed by atoms with E-state index in [2.05, 4.69) is 15.9 Å². The van der Waals surface area contributed by atoms with E-state index in [0.29, 0.717) is 21.2 Å². The number of rotatable bonds is 4. The highest BCUT2D eigenvalue weighted by molar-refractivity contribution is 9.10. The second-order valence-corrected chi connectivity index (χ2v) is 6.93. The van der Waals surface area contributed by atoms with Gasteiger partial charge in [0.25, 0.3) is 0 Å². The van der Waals surface area contributed by atoms with E-state index in [-0.39, 0.29) is 11.5 Å². The number of ketones is 1. The van der Waals surface area contributed by atoms with Gasteiger partial charge in [-0.1, -0.05) is 22.0 Å². The second-order valence-electron chi connectivity index (χ2n) is 4.46. The van der Waals surface area contributed by atoms with Gasteiger partial charge in [-0.2, -0.15) is 0 Å². The predicted molar refractivity (Wildman–Crippen MR) is 80.8 cm³/mol. The first kappa shape index (κ1) is 15.8. The van der Waals surface area contributed by atoms with Crippen LogP contribution in [0.1, 0.15) is 21.5 Å². The van der Waals surface area contributed by atoms with Crippen LogP contribution in [0.2, 0.25) is 0 Å². The molecule has 0 aliphatic rings. The van der Waals surface area contributed by atoms with Crippen molar-refractivity contribution in [2.24, 2.45) is 5.14 Å². The van der Waals surface area contributed by atoms with Gasteiger partial charge in [0, 0.05) is 15.6 Å². The predicted octanol–water partition coefficient (Wildman–Crippen LogP) is 2.61. The SMILES string of the molecule is NS(=O)(=O)Cc1ccc(C(=O)c2ccc(F)cc2)c(Br)c1. The molecular weight excluding hydrogens is 361 g/mol. The zero-order valence-electron chi connectivity index (χ0n) is 10.7. The zero-order chi connectivity index (χ0) is 15.6. The number of halogens is 2. The molecule has 2 rings (SSSR count). The third-order valence-corrected chi connectivity index (χ3v) is 4.14. The third kappa shape index (κ3) is 4.20. The third-order valence-electron chi connectivity index (χ3n) is 2.75. The van der Waals surface area contributed by atoms with Crippen molar-refractivity contribution in [3.63, 3.8) is 0 Å². The second kappa shape index (κ2) is 6.05. The van der Waals surface area contributed by atoms with Gasteiger partial charge in [0.15, 0.2) is 5.78 Å². The number of benzene rings is 2. The first-order valence-corrected chi connectivity index (χ1v) is 8.36. The topological polar surface area (TPSA) is 77.2 Å². The first-order chi connectivity index (χ1) is 9.76. The summed E-state index contributed by atoms with van der Waals surface area (Å²) in [5.41, 5.74) is 1.18. The maximum Gasteiger partial charge on any atom is 0.213 e. The van der Waals surface area contributed by atoms with E-state index in [1.165, 1.54) is 42.5 Å². The molecule has 2 aromatic carbocycles. The Morgan fingerprint density at radius 3 is 2.29 bits per heavy atom. The Morgan fingerprint density at radius 2 is 1.76 bits per heavy atom. The quantitative estimate of drug-likeness (QED) is 0.839. The molecule has 21 heavy (non-hydrogen) atoms. The van der Waals surface area contributed by atoms with E-state index in [0.717, 1.165) is 0 Å². The smallest absolute Gasteiger partial charge is 0.213 e. The minimum absolute atomic E-state index is 0.288. The van der Waals surface area contributed by atoms with E-state index >= 15 is 0 Å². The number of primary sulfonamides is 1. The number of hydrogen-bond acceptors (Lipinski definition) is 3. The zero-order valence-corrected chi connectivity index (χ0v) is 13.1. The lowest BCUT2D eigenvalue weighted by molar-refractivity contribution is 0.103. The Hall–Kier alpha value is -1.57. The van der Waals surface area contributed by atoms with Crippen molar-refractivity contribution < 1.29 is 17.6 Å². The van der Waals surface area contributed by atoms with Gasteiger partial charge in [-0.25, -0.2) is 17.9 Å². The maximum atomic E-state index is 12.9. The van der Waals surface area contributed by atoms with Crippen LogP contribution >= 0.6 is 15.9 Å². The minimum Gasteiger partial charge on any atom is -0.289 e. The van der Waals surface area contributed by atoms with Gasteiger partial charge in [0.1, 0.15) is 5.82 Å². The van der Waals surface area contributed by atoms with Crippen LogP contribution in [0.25, 0.3) is 0 Å². The summed E-state index contributed by atoms with van der Waals surface area (Å²) >= 11 is 3.24. The van der Waals surface area contributed by atoms with Crippen molar-refractivity contribution in [1.29, 1.82) is 0 Å². The van der Waals surface area contributed by atoms with Crippen molar-refractivity contribution in [2.75, 3.05) is 0 Å². The van der Waals surface area contributed by atoms with Crippen LogP contribution in [0.5, 0.6) is 0 Å². The lowest BCUT2D eigenvalue weighted by Crippen LogP contribution is -2.14. The molecule has 0 aliphatic heterocycles. The van der Waals surface area contributed by atoms with Crippen molar-refractivity contribution >= 4 is 31.7 Å². The molecule has 0 spiro atoms. The summed E-state index contributed by atoms with van der Waals surface area (Å²) in [5, 5.41) is 4.98. The summed E-state index contributed by atoms with van der Waals surface area (Å²) < 4.78 is 35.4. The number of nitrogens with two attached hydrogens (primary N) is 1. The molecule has 0 unspecified atom stereocenters. The van der Waals surface area contributed by atoms with Gasteiger partial charge in [-0.05, 0) is 42.0 Å². The van der Waals surface area contributed by atoms with Crippen LogP contribution in [0.3, 0.4) is 0 Å². The summed E-state index contributed by atoms with van der Waals surface area (Å²) in [5.74, 6) is -1.02. The molecule has 2 aromatic rings. The Balaban J connectivity index is 2.32. The average Bonchev–Trinajstić information content (AvgIpc) is 2.37. The monoisotopic (exact) mass is 371 g/mol. The fourth-order valence-corrected chi connectivity index (χ4v) is 3.07.